The molecule has 0 aliphatic carbocycles. The molecular formula is C12H16N2O2. The second-order valence-corrected chi connectivity index (χ2v) is 3.77. The smallest absolute Gasteiger partial charge is 0.232 e. The van der Waals surface area contributed by atoms with E-state index in [2.05, 4.69) is 5.32 Å². The Bertz CT molecular complexity index is 376. The minimum atomic E-state index is -0.800. The number of rotatable bonds is 4. The van der Waals surface area contributed by atoms with Crippen molar-refractivity contribution in [3.05, 3.63) is 35.9 Å². The van der Waals surface area contributed by atoms with E-state index in [0.29, 0.717) is 0 Å². The Morgan fingerprint density at radius 1 is 1.19 bits per heavy atom. The van der Waals surface area contributed by atoms with E-state index in [4.69, 9.17) is 5.73 Å². The van der Waals surface area contributed by atoms with E-state index in [1.165, 1.54) is 6.92 Å². The summed E-state index contributed by atoms with van der Waals surface area (Å²) in [5.74, 6) is -1.76. The quantitative estimate of drug-likeness (QED) is 0.742. The van der Waals surface area contributed by atoms with Gasteiger partial charge in [0.05, 0.1) is 6.04 Å². The Labute approximate surface area is 94.8 Å². The minimum absolute atomic E-state index is 0.129. The predicted molar refractivity (Wildman–Crippen MR) is 61.4 cm³/mol. The lowest BCUT2D eigenvalue weighted by Crippen LogP contribution is -2.38. The Hall–Kier alpha value is -1.84. The molecule has 0 heterocycles. The highest BCUT2D eigenvalue weighted by atomic mass is 16.2. The van der Waals surface area contributed by atoms with E-state index in [-0.39, 0.29) is 11.9 Å². The molecule has 1 aromatic rings. The molecule has 16 heavy (non-hydrogen) atoms. The number of carbonyl (C=O) groups is 2. The fourth-order valence-electron chi connectivity index (χ4n) is 1.29. The van der Waals surface area contributed by atoms with Crippen LogP contribution in [0.15, 0.2) is 30.3 Å². The van der Waals surface area contributed by atoms with Crippen molar-refractivity contribution >= 4 is 11.8 Å². The van der Waals surface area contributed by atoms with Gasteiger partial charge in [0.25, 0.3) is 0 Å². The topological polar surface area (TPSA) is 72.2 Å². The van der Waals surface area contributed by atoms with Crippen LogP contribution < -0.4 is 11.1 Å². The average molecular weight is 220 g/mol. The van der Waals surface area contributed by atoms with Crippen LogP contribution in [0.25, 0.3) is 0 Å². The number of amides is 2. The van der Waals surface area contributed by atoms with Crippen LogP contribution in [0.4, 0.5) is 0 Å². The zero-order chi connectivity index (χ0) is 12.1. The molecule has 2 amide bonds. The molecule has 0 aliphatic heterocycles. The van der Waals surface area contributed by atoms with Crippen molar-refractivity contribution in [1.82, 2.24) is 5.32 Å². The van der Waals surface area contributed by atoms with Crippen molar-refractivity contribution in [2.24, 2.45) is 11.7 Å². The van der Waals surface area contributed by atoms with Crippen LogP contribution in [0, 0.1) is 5.92 Å². The van der Waals surface area contributed by atoms with Gasteiger partial charge in [0, 0.05) is 0 Å². The van der Waals surface area contributed by atoms with Gasteiger partial charge in [-0.2, -0.15) is 0 Å². The Morgan fingerprint density at radius 2 is 1.75 bits per heavy atom. The van der Waals surface area contributed by atoms with Crippen LogP contribution in [0.3, 0.4) is 0 Å². The summed E-state index contributed by atoms with van der Waals surface area (Å²) in [5.41, 5.74) is 6.04. The SMILES string of the molecule is C[C@@H](C(N)=O)C(=O)N[C@@H](C)c1ccccc1. The number of benzene rings is 1. The summed E-state index contributed by atoms with van der Waals surface area (Å²) in [7, 11) is 0. The molecule has 0 saturated heterocycles. The molecule has 4 heteroatoms. The predicted octanol–water partition coefficient (Wildman–Crippen LogP) is 0.985. The summed E-state index contributed by atoms with van der Waals surface area (Å²) in [6, 6.07) is 9.41. The summed E-state index contributed by atoms with van der Waals surface area (Å²) in [5, 5.41) is 2.74. The first-order chi connectivity index (χ1) is 7.52. The minimum Gasteiger partial charge on any atom is -0.369 e. The zero-order valence-corrected chi connectivity index (χ0v) is 9.44. The molecule has 0 unspecified atom stereocenters. The molecular weight excluding hydrogens is 204 g/mol. The maximum absolute atomic E-state index is 11.6. The van der Waals surface area contributed by atoms with E-state index in [1.807, 2.05) is 37.3 Å². The van der Waals surface area contributed by atoms with Gasteiger partial charge in [0.2, 0.25) is 11.8 Å². The van der Waals surface area contributed by atoms with Gasteiger partial charge < -0.3 is 11.1 Å². The summed E-state index contributed by atoms with van der Waals surface area (Å²) in [4.78, 5) is 22.4. The van der Waals surface area contributed by atoms with Crippen molar-refractivity contribution in [1.29, 1.82) is 0 Å². The van der Waals surface area contributed by atoms with Gasteiger partial charge in [-0.3, -0.25) is 9.59 Å². The third-order valence-corrected chi connectivity index (χ3v) is 2.48. The van der Waals surface area contributed by atoms with Gasteiger partial charge in [-0.25, -0.2) is 0 Å². The maximum atomic E-state index is 11.6. The Balaban J connectivity index is 2.62. The Morgan fingerprint density at radius 3 is 2.25 bits per heavy atom. The highest BCUT2D eigenvalue weighted by Gasteiger charge is 2.20. The van der Waals surface area contributed by atoms with Crippen molar-refractivity contribution in [3.63, 3.8) is 0 Å². The molecule has 0 radical (unpaired) electrons. The highest BCUT2D eigenvalue weighted by Crippen LogP contribution is 2.11. The van der Waals surface area contributed by atoms with E-state index < -0.39 is 11.8 Å². The first-order valence-corrected chi connectivity index (χ1v) is 5.17. The van der Waals surface area contributed by atoms with Gasteiger partial charge in [-0.05, 0) is 19.4 Å². The van der Waals surface area contributed by atoms with Gasteiger partial charge >= 0.3 is 0 Å². The summed E-state index contributed by atoms with van der Waals surface area (Å²) in [6.45, 7) is 3.36. The van der Waals surface area contributed by atoms with E-state index in [0.717, 1.165) is 5.56 Å². The van der Waals surface area contributed by atoms with E-state index >= 15 is 0 Å². The molecule has 4 nitrogen and oxygen atoms in total. The monoisotopic (exact) mass is 220 g/mol. The van der Waals surface area contributed by atoms with E-state index in [9.17, 15) is 9.59 Å². The van der Waals surface area contributed by atoms with Crippen LogP contribution in [0.5, 0.6) is 0 Å². The first-order valence-electron chi connectivity index (χ1n) is 5.17. The lowest BCUT2D eigenvalue weighted by Gasteiger charge is -2.16. The molecule has 0 saturated carbocycles. The van der Waals surface area contributed by atoms with Gasteiger partial charge in [0.15, 0.2) is 0 Å². The molecule has 2 atom stereocenters. The molecule has 0 spiro atoms. The highest BCUT2D eigenvalue weighted by molar-refractivity contribution is 5.99. The van der Waals surface area contributed by atoms with Crippen LogP contribution >= 0.6 is 0 Å². The summed E-state index contributed by atoms with van der Waals surface area (Å²) >= 11 is 0. The fraction of sp³-hybridized carbons (Fsp3) is 0.333. The number of nitrogens with one attached hydrogen (secondary N) is 1. The number of hydrogen-bond acceptors (Lipinski definition) is 2. The van der Waals surface area contributed by atoms with Gasteiger partial charge in [-0.1, -0.05) is 30.3 Å². The molecule has 0 fully saturated rings. The van der Waals surface area contributed by atoms with Crippen LogP contribution in [-0.2, 0) is 9.59 Å². The lowest BCUT2D eigenvalue weighted by atomic mass is 10.1. The molecule has 0 bridgehead atoms. The normalized spacial score (nSPS) is 13.9. The molecule has 3 N–H and O–H groups in total. The van der Waals surface area contributed by atoms with E-state index in [1.54, 1.807) is 0 Å². The van der Waals surface area contributed by atoms with Crippen LogP contribution in [0.2, 0.25) is 0 Å². The van der Waals surface area contributed by atoms with Crippen LogP contribution in [-0.4, -0.2) is 11.8 Å². The van der Waals surface area contributed by atoms with Crippen molar-refractivity contribution < 1.29 is 9.59 Å². The van der Waals surface area contributed by atoms with Crippen molar-refractivity contribution in [3.8, 4) is 0 Å². The van der Waals surface area contributed by atoms with Gasteiger partial charge in [-0.15, -0.1) is 0 Å². The fourth-order valence-corrected chi connectivity index (χ4v) is 1.29. The lowest BCUT2D eigenvalue weighted by molar-refractivity contribution is -0.133. The molecule has 86 valence electrons. The average Bonchev–Trinajstić information content (AvgIpc) is 2.28. The standard InChI is InChI=1S/C12H16N2O2/c1-8(11(13)15)12(16)14-9(2)10-6-4-3-5-7-10/h3-9H,1-2H3,(H2,13,15)(H,14,16)/t8-,9-/m0/s1. The number of hydrogen-bond donors (Lipinski definition) is 2. The first kappa shape index (κ1) is 12.2. The number of carbonyl (C=O) groups excluding carboxylic acids is 2. The number of primary amides is 1. The molecule has 1 aromatic carbocycles. The molecule has 1 rings (SSSR count). The maximum Gasteiger partial charge on any atom is 0.232 e. The number of nitrogens with two attached hydrogens (primary N) is 1. The zero-order valence-electron chi connectivity index (χ0n) is 9.44. The second kappa shape index (κ2) is 5.30. The third-order valence-electron chi connectivity index (χ3n) is 2.48. The van der Waals surface area contributed by atoms with Gasteiger partial charge in [0.1, 0.15) is 5.92 Å². The third kappa shape index (κ3) is 3.08. The van der Waals surface area contributed by atoms with Crippen molar-refractivity contribution in [2.45, 2.75) is 19.9 Å². The summed E-state index contributed by atoms with van der Waals surface area (Å²) in [6.07, 6.45) is 0. The van der Waals surface area contributed by atoms with Crippen LogP contribution in [0.1, 0.15) is 25.5 Å². The summed E-state index contributed by atoms with van der Waals surface area (Å²) < 4.78 is 0. The molecule has 0 aromatic heterocycles. The second-order valence-electron chi connectivity index (χ2n) is 3.77. The largest absolute Gasteiger partial charge is 0.369 e. The Kier molecular flexibility index (Phi) is 4.05. The molecule has 0 aliphatic rings. The van der Waals surface area contributed by atoms with Crippen molar-refractivity contribution in [2.75, 3.05) is 0 Å².